The Balaban J connectivity index is 2.19. The minimum absolute atomic E-state index is 0.0252. The Labute approximate surface area is 132 Å². The van der Waals surface area contributed by atoms with Crippen LogP contribution in [0.5, 0.6) is 5.88 Å². The molecule has 0 unspecified atom stereocenters. The van der Waals surface area contributed by atoms with E-state index >= 15 is 0 Å². The van der Waals surface area contributed by atoms with Crippen LogP contribution < -0.4 is 15.4 Å². The number of hydrogen-bond donors (Lipinski definition) is 3. The number of aliphatic hydroxyl groups is 1. The van der Waals surface area contributed by atoms with Crippen LogP contribution in [0.2, 0.25) is 0 Å². The number of rotatable bonds is 8. The van der Waals surface area contributed by atoms with Gasteiger partial charge in [-0.25, -0.2) is 4.98 Å². The van der Waals surface area contributed by atoms with Crippen LogP contribution in [0, 0.1) is 10.1 Å². The van der Waals surface area contributed by atoms with E-state index in [0.717, 1.165) is 0 Å². The summed E-state index contributed by atoms with van der Waals surface area (Å²) in [6.45, 7) is 0.907. The highest BCUT2D eigenvalue weighted by atomic mass is 16.6. The smallest absolute Gasteiger partial charge is 0.271 e. The van der Waals surface area contributed by atoms with Crippen LogP contribution in [0.15, 0.2) is 30.3 Å². The number of nitro benzene ring substituents is 1. The van der Waals surface area contributed by atoms with Gasteiger partial charge in [-0.1, -0.05) is 6.07 Å². The van der Waals surface area contributed by atoms with Crippen LogP contribution in [0.3, 0.4) is 0 Å². The number of methoxy groups -OCH3 is 1. The summed E-state index contributed by atoms with van der Waals surface area (Å²) in [5.74, 6) is 0.638. The fourth-order valence-electron chi connectivity index (χ4n) is 1.85. The van der Waals surface area contributed by atoms with Crippen molar-refractivity contribution >= 4 is 17.3 Å². The third-order valence-corrected chi connectivity index (χ3v) is 2.87. The molecule has 1 aromatic carbocycles. The molecule has 9 heteroatoms. The second kappa shape index (κ2) is 8.01. The van der Waals surface area contributed by atoms with Gasteiger partial charge in [-0.2, -0.15) is 4.98 Å². The van der Waals surface area contributed by atoms with Crippen molar-refractivity contribution in [2.75, 3.05) is 25.6 Å². The zero-order chi connectivity index (χ0) is 16.7. The van der Waals surface area contributed by atoms with Gasteiger partial charge in [-0.3, -0.25) is 10.1 Å². The normalized spacial score (nSPS) is 10.3. The van der Waals surface area contributed by atoms with Gasteiger partial charge in [0.15, 0.2) is 0 Å². The number of nitrogens with zero attached hydrogens (tertiary/aromatic N) is 3. The molecule has 2 aromatic rings. The topological polar surface area (TPSA) is 122 Å². The Kier molecular flexibility index (Phi) is 5.78. The fraction of sp³-hybridized carbons (Fsp3) is 0.286. The van der Waals surface area contributed by atoms with E-state index in [4.69, 9.17) is 9.84 Å². The molecule has 0 amide bonds. The van der Waals surface area contributed by atoms with Crippen molar-refractivity contribution in [3.63, 3.8) is 0 Å². The maximum atomic E-state index is 10.8. The van der Waals surface area contributed by atoms with Crippen LogP contribution >= 0.6 is 0 Å². The molecule has 0 aliphatic carbocycles. The number of aromatic nitrogens is 2. The number of aliphatic hydroxyl groups excluding tert-OH is 1. The van der Waals surface area contributed by atoms with Crippen LogP contribution in [0.25, 0.3) is 0 Å². The van der Waals surface area contributed by atoms with Crippen LogP contribution in [-0.2, 0) is 6.54 Å². The molecule has 0 bridgehead atoms. The molecule has 0 fully saturated rings. The first-order chi connectivity index (χ1) is 11.1. The predicted molar refractivity (Wildman–Crippen MR) is 83.8 cm³/mol. The molecule has 1 heterocycles. The maximum Gasteiger partial charge on any atom is 0.271 e. The van der Waals surface area contributed by atoms with E-state index in [2.05, 4.69) is 20.6 Å². The number of nitro groups is 1. The van der Waals surface area contributed by atoms with Crippen LogP contribution in [-0.4, -0.2) is 40.3 Å². The van der Waals surface area contributed by atoms with Gasteiger partial charge in [0.2, 0.25) is 11.8 Å². The third-order valence-electron chi connectivity index (χ3n) is 2.87. The summed E-state index contributed by atoms with van der Waals surface area (Å²) in [6.07, 6.45) is 0. The Morgan fingerprint density at radius 3 is 2.87 bits per heavy atom. The number of ether oxygens (including phenoxy) is 1. The first kappa shape index (κ1) is 16.6. The van der Waals surface area contributed by atoms with E-state index < -0.39 is 4.92 Å². The van der Waals surface area contributed by atoms with Gasteiger partial charge in [-0.15, -0.1) is 0 Å². The number of benzene rings is 1. The van der Waals surface area contributed by atoms with E-state index in [0.29, 0.717) is 30.4 Å². The molecule has 0 saturated carbocycles. The number of hydrogen-bond acceptors (Lipinski definition) is 8. The van der Waals surface area contributed by atoms with E-state index in [9.17, 15) is 10.1 Å². The Hall–Kier alpha value is -2.78. The molecule has 0 radical (unpaired) electrons. The largest absolute Gasteiger partial charge is 0.481 e. The quantitative estimate of drug-likeness (QED) is 0.377. The highest BCUT2D eigenvalue weighted by Crippen LogP contribution is 2.21. The number of anilines is 2. The summed E-state index contributed by atoms with van der Waals surface area (Å²) < 4.78 is 5.12. The minimum Gasteiger partial charge on any atom is -0.481 e. The Morgan fingerprint density at radius 2 is 2.17 bits per heavy atom. The zero-order valence-electron chi connectivity index (χ0n) is 12.5. The Bertz CT molecular complexity index is 680. The maximum absolute atomic E-state index is 10.8. The summed E-state index contributed by atoms with van der Waals surface area (Å²) in [7, 11) is 1.49. The Morgan fingerprint density at radius 1 is 1.35 bits per heavy atom. The van der Waals surface area contributed by atoms with Crippen molar-refractivity contribution < 1.29 is 14.8 Å². The summed E-state index contributed by atoms with van der Waals surface area (Å²) >= 11 is 0. The third kappa shape index (κ3) is 4.87. The first-order valence-corrected chi connectivity index (χ1v) is 6.87. The number of nitrogens with one attached hydrogen (secondary N) is 2. The van der Waals surface area contributed by atoms with Gasteiger partial charge in [-0.05, 0) is 6.07 Å². The monoisotopic (exact) mass is 319 g/mol. The molecule has 0 spiro atoms. The highest BCUT2D eigenvalue weighted by molar-refractivity contribution is 5.57. The van der Waals surface area contributed by atoms with Gasteiger partial charge in [0.25, 0.3) is 5.69 Å². The average molecular weight is 319 g/mol. The van der Waals surface area contributed by atoms with Crippen molar-refractivity contribution in [3.8, 4) is 5.88 Å². The van der Waals surface area contributed by atoms with Gasteiger partial charge in [0.05, 0.1) is 24.3 Å². The van der Waals surface area contributed by atoms with Crippen molar-refractivity contribution in [1.82, 2.24) is 15.3 Å². The fourth-order valence-corrected chi connectivity index (χ4v) is 1.85. The first-order valence-electron chi connectivity index (χ1n) is 6.87. The van der Waals surface area contributed by atoms with Gasteiger partial charge < -0.3 is 20.5 Å². The second-order valence-electron chi connectivity index (χ2n) is 4.56. The zero-order valence-corrected chi connectivity index (χ0v) is 12.5. The van der Waals surface area contributed by atoms with Crippen molar-refractivity contribution in [3.05, 3.63) is 46.1 Å². The lowest BCUT2D eigenvalue weighted by Crippen LogP contribution is -2.18. The molecule has 9 nitrogen and oxygen atoms in total. The van der Waals surface area contributed by atoms with Crippen LogP contribution in [0.4, 0.5) is 17.3 Å². The standard InChI is InChI=1S/C14H17N5O4/c1-23-13-8-11(9-15-5-6-20)17-14(18-13)16-10-3-2-4-12(7-10)19(21)22/h2-4,7-8,15,20H,5-6,9H2,1H3,(H,16,17,18). The molecule has 122 valence electrons. The summed E-state index contributed by atoms with van der Waals surface area (Å²) in [6, 6.07) is 7.72. The lowest BCUT2D eigenvalue weighted by molar-refractivity contribution is -0.384. The van der Waals surface area contributed by atoms with E-state index in [1.165, 1.54) is 19.2 Å². The van der Waals surface area contributed by atoms with E-state index in [-0.39, 0.29) is 18.2 Å². The minimum atomic E-state index is -0.470. The van der Waals surface area contributed by atoms with Crippen LogP contribution in [0.1, 0.15) is 5.69 Å². The van der Waals surface area contributed by atoms with Crippen molar-refractivity contribution in [2.45, 2.75) is 6.54 Å². The molecule has 0 aliphatic heterocycles. The van der Waals surface area contributed by atoms with Crippen molar-refractivity contribution in [2.24, 2.45) is 0 Å². The molecule has 1 aromatic heterocycles. The summed E-state index contributed by atoms with van der Waals surface area (Å²) in [5, 5.41) is 25.5. The van der Waals surface area contributed by atoms with Gasteiger partial charge in [0.1, 0.15) is 0 Å². The lowest BCUT2D eigenvalue weighted by atomic mass is 10.3. The van der Waals surface area contributed by atoms with Crippen molar-refractivity contribution in [1.29, 1.82) is 0 Å². The lowest BCUT2D eigenvalue weighted by Gasteiger charge is -2.09. The summed E-state index contributed by atoms with van der Waals surface area (Å²) in [4.78, 5) is 18.8. The predicted octanol–water partition coefficient (Wildman–Crippen LogP) is 1.22. The molecular formula is C14H17N5O4. The molecule has 23 heavy (non-hydrogen) atoms. The molecule has 0 atom stereocenters. The second-order valence-corrected chi connectivity index (χ2v) is 4.56. The molecule has 2 rings (SSSR count). The average Bonchev–Trinajstić information content (AvgIpc) is 2.55. The molecule has 0 aliphatic rings. The molecule has 3 N–H and O–H groups in total. The van der Waals surface area contributed by atoms with E-state index in [1.807, 2.05) is 0 Å². The molecular weight excluding hydrogens is 302 g/mol. The number of non-ortho nitro benzene ring substituents is 1. The van der Waals surface area contributed by atoms with Gasteiger partial charge in [0, 0.05) is 37.0 Å². The van der Waals surface area contributed by atoms with Gasteiger partial charge >= 0.3 is 0 Å². The SMILES string of the molecule is COc1cc(CNCCO)nc(Nc2cccc([N+](=O)[O-])c2)n1. The molecule has 0 saturated heterocycles. The highest BCUT2D eigenvalue weighted by Gasteiger charge is 2.09. The summed E-state index contributed by atoms with van der Waals surface area (Å²) in [5.41, 5.74) is 1.14. The van der Waals surface area contributed by atoms with E-state index in [1.54, 1.807) is 18.2 Å².